The first-order valence-corrected chi connectivity index (χ1v) is 7.11. The number of sulfonamides is 1. The highest BCUT2D eigenvalue weighted by molar-refractivity contribution is 7.88. The molecule has 1 atom stereocenters. The van der Waals surface area contributed by atoms with Gasteiger partial charge in [0.15, 0.2) is 0 Å². The predicted octanol–water partition coefficient (Wildman–Crippen LogP) is -0.827. The van der Waals surface area contributed by atoms with Gasteiger partial charge in [0.2, 0.25) is 15.9 Å². The molecular weight excluding hydrogens is 232 g/mol. The lowest BCUT2D eigenvalue weighted by atomic mass is 10.2. The van der Waals surface area contributed by atoms with Gasteiger partial charge in [0.05, 0.1) is 25.5 Å². The molecule has 0 aromatic carbocycles. The third-order valence-corrected chi connectivity index (χ3v) is 3.12. The number of ether oxygens (including phenoxy) is 1. The number of amides is 1. The molecule has 0 radical (unpaired) electrons. The summed E-state index contributed by atoms with van der Waals surface area (Å²) in [5, 5.41) is 0. The molecule has 0 spiro atoms. The van der Waals surface area contributed by atoms with Gasteiger partial charge in [-0.15, -0.1) is 0 Å². The van der Waals surface area contributed by atoms with Crippen LogP contribution < -0.4 is 4.72 Å². The normalized spacial score (nSPS) is 22.1. The zero-order valence-electron chi connectivity index (χ0n) is 9.60. The molecule has 1 aliphatic heterocycles. The monoisotopic (exact) mass is 250 g/mol. The van der Waals surface area contributed by atoms with Crippen molar-refractivity contribution in [2.24, 2.45) is 0 Å². The van der Waals surface area contributed by atoms with Crippen LogP contribution in [-0.2, 0) is 19.6 Å². The van der Waals surface area contributed by atoms with Crippen LogP contribution >= 0.6 is 0 Å². The lowest BCUT2D eigenvalue weighted by Gasteiger charge is -2.33. The van der Waals surface area contributed by atoms with E-state index < -0.39 is 10.0 Å². The summed E-state index contributed by atoms with van der Waals surface area (Å²) in [5.74, 6) is -0.0352. The number of nitrogens with one attached hydrogen (secondary N) is 1. The summed E-state index contributed by atoms with van der Waals surface area (Å²) in [6.07, 6.45) is 1.27. The average molecular weight is 250 g/mol. The smallest absolute Gasteiger partial charge is 0.224 e. The lowest BCUT2D eigenvalue weighted by molar-refractivity contribution is -0.138. The van der Waals surface area contributed by atoms with Crippen molar-refractivity contribution >= 4 is 15.9 Å². The molecule has 1 fully saturated rings. The molecule has 0 bridgehead atoms. The number of hydrogen-bond acceptors (Lipinski definition) is 4. The molecule has 0 saturated carbocycles. The zero-order chi connectivity index (χ0) is 12.2. The Bertz CT molecular complexity index is 341. The van der Waals surface area contributed by atoms with Crippen LogP contribution in [0.5, 0.6) is 0 Å². The number of carbonyl (C=O) groups is 1. The van der Waals surface area contributed by atoms with E-state index in [9.17, 15) is 13.2 Å². The average Bonchev–Trinajstić information content (AvgIpc) is 2.16. The SMILES string of the molecule is C[C@H]1COCCN1C(=O)CCNS(C)(=O)=O. The fourth-order valence-corrected chi connectivity index (χ4v) is 2.06. The van der Waals surface area contributed by atoms with Crippen molar-refractivity contribution in [3.63, 3.8) is 0 Å². The summed E-state index contributed by atoms with van der Waals surface area (Å²) in [4.78, 5) is 13.5. The molecule has 1 N–H and O–H groups in total. The first-order valence-electron chi connectivity index (χ1n) is 5.22. The number of rotatable bonds is 4. The van der Waals surface area contributed by atoms with E-state index in [1.54, 1.807) is 4.90 Å². The molecule has 1 amide bonds. The van der Waals surface area contributed by atoms with Gasteiger partial charge >= 0.3 is 0 Å². The standard InChI is InChI=1S/C9H18N2O4S/c1-8-7-15-6-5-11(8)9(12)3-4-10-16(2,13)14/h8,10H,3-7H2,1-2H3/t8-/m0/s1. The molecule has 1 rings (SSSR count). The molecule has 6 nitrogen and oxygen atoms in total. The van der Waals surface area contributed by atoms with E-state index in [1.807, 2.05) is 6.92 Å². The largest absolute Gasteiger partial charge is 0.377 e. The maximum atomic E-state index is 11.7. The maximum Gasteiger partial charge on any atom is 0.224 e. The Balaban J connectivity index is 2.34. The van der Waals surface area contributed by atoms with Crippen LogP contribution in [0, 0.1) is 0 Å². The minimum absolute atomic E-state index is 0.0352. The summed E-state index contributed by atoms with van der Waals surface area (Å²) < 4.78 is 29.1. The molecule has 0 unspecified atom stereocenters. The first kappa shape index (κ1) is 13.4. The van der Waals surface area contributed by atoms with Gasteiger partial charge in [0.25, 0.3) is 0 Å². The van der Waals surface area contributed by atoms with E-state index >= 15 is 0 Å². The van der Waals surface area contributed by atoms with Gasteiger partial charge in [-0.25, -0.2) is 13.1 Å². The van der Waals surface area contributed by atoms with Gasteiger partial charge in [-0.2, -0.15) is 0 Å². The van der Waals surface area contributed by atoms with E-state index in [0.717, 1.165) is 6.26 Å². The van der Waals surface area contributed by atoms with Gasteiger partial charge in [-0.1, -0.05) is 0 Å². The van der Waals surface area contributed by atoms with Crippen LogP contribution in [-0.4, -0.2) is 57.8 Å². The predicted molar refractivity (Wildman–Crippen MR) is 59.5 cm³/mol. The van der Waals surface area contributed by atoms with Crippen molar-refractivity contribution in [2.45, 2.75) is 19.4 Å². The molecule has 7 heteroatoms. The first-order chi connectivity index (χ1) is 7.40. The molecule has 0 aliphatic carbocycles. The summed E-state index contributed by atoms with van der Waals surface area (Å²) in [5.41, 5.74) is 0. The van der Waals surface area contributed by atoms with Crippen LogP contribution in [0.4, 0.5) is 0 Å². The number of morpholine rings is 1. The molecule has 0 aromatic rings. The van der Waals surface area contributed by atoms with E-state index in [-0.39, 0.29) is 24.9 Å². The Kier molecular flexibility index (Phi) is 4.69. The molecule has 1 aliphatic rings. The fraction of sp³-hybridized carbons (Fsp3) is 0.889. The van der Waals surface area contributed by atoms with Crippen molar-refractivity contribution in [1.29, 1.82) is 0 Å². The summed E-state index contributed by atoms with van der Waals surface area (Å²) >= 11 is 0. The van der Waals surface area contributed by atoms with Gasteiger partial charge in [0.1, 0.15) is 0 Å². The van der Waals surface area contributed by atoms with Gasteiger partial charge < -0.3 is 9.64 Å². The number of hydrogen-bond donors (Lipinski definition) is 1. The quantitative estimate of drug-likeness (QED) is 0.707. The lowest BCUT2D eigenvalue weighted by Crippen LogP contribution is -2.47. The maximum absolute atomic E-state index is 11.7. The highest BCUT2D eigenvalue weighted by Gasteiger charge is 2.23. The number of nitrogens with zero attached hydrogens (tertiary/aromatic N) is 1. The Hall–Kier alpha value is -0.660. The highest BCUT2D eigenvalue weighted by atomic mass is 32.2. The fourth-order valence-electron chi connectivity index (χ4n) is 1.58. The van der Waals surface area contributed by atoms with Crippen molar-refractivity contribution < 1.29 is 17.9 Å². The van der Waals surface area contributed by atoms with Crippen molar-refractivity contribution in [3.8, 4) is 0 Å². The summed E-state index contributed by atoms with van der Waals surface area (Å²) in [6.45, 7) is 3.75. The molecule has 94 valence electrons. The van der Waals surface area contributed by atoms with Crippen molar-refractivity contribution in [3.05, 3.63) is 0 Å². The number of carbonyl (C=O) groups excluding carboxylic acids is 1. The van der Waals surface area contributed by atoms with E-state index in [2.05, 4.69) is 4.72 Å². The van der Waals surface area contributed by atoms with Crippen molar-refractivity contribution in [2.75, 3.05) is 32.6 Å². The minimum atomic E-state index is -3.21. The van der Waals surface area contributed by atoms with Crippen LogP contribution in [0.2, 0.25) is 0 Å². The highest BCUT2D eigenvalue weighted by Crippen LogP contribution is 2.07. The van der Waals surface area contributed by atoms with Crippen LogP contribution in [0.3, 0.4) is 0 Å². The molecule has 16 heavy (non-hydrogen) atoms. The van der Waals surface area contributed by atoms with Gasteiger partial charge in [0, 0.05) is 19.5 Å². The summed E-state index contributed by atoms with van der Waals surface area (Å²) in [6, 6.07) is 0.0690. The molecule has 1 saturated heterocycles. The van der Waals surface area contributed by atoms with Gasteiger partial charge in [-0.05, 0) is 6.92 Å². The Morgan fingerprint density at radius 3 is 2.81 bits per heavy atom. The van der Waals surface area contributed by atoms with E-state index in [1.165, 1.54) is 0 Å². The van der Waals surface area contributed by atoms with Crippen LogP contribution in [0.1, 0.15) is 13.3 Å². The minimum Gasteiger partial charge on any atom is -0.377 e. The van der Waals surface area contributed by atoms with Crippen molar-refractivity contribution in [1.82, 2.24) is 9.62 Å². The second-order valence-corrected chi connectivity index (χ2v) is 5.76. The Morgan fingerprint density at radius 2 is 2.25 bits per heavy atom. The summed E-state index contributed by atoms with van der Waals surface area (Å²) in [7, 11) is -3.21. The zero-order valence-corrected chi connectivity index (χ0v) is 10.4. The Labute approximate surface area is 96.0 Å². The third-order valence-electron chi connectivity index (χ3n) is 2.39. The topological polar surface area (TPSA) is 75.7 Å². The second kappa shape index (κ2) is 5.60. The Morgan fingerprint density at radius 1 is 1.56 bits per heavy atom. The third kappa shape index (κ3) is 4.46. The van der Waals surface area contributed by atoms with E-state index in [0.29, 0.717) is 19.8 Å². The molecular formula is C9H18N2O4S. The van der Waals surface area contributed by atoms with Crippen LogP contribution in [0.25, 0.3) is 0 Å². The molecule has 1 heterocycles. The van der Waals surface area contributed by atoms with Crippen LogP contribution in [0.15, 0.2) is 0 Å². The van der Waals surface area contributed by atoms with E-state index in [4.69, 9.17) is 4.74 Å². The van der Waals surface area contributed by atoms with Gasteiger partial charge in [-0.3, -0.25) is 4.79 Å². The molecule has 0 aromatic heterocycles. The second-order valence-electron chi connectivity index (χ2n) is 3.93.